The number of pyridine rings is 1. The minimum Gasteiger partial charge on any atom is -0.478 e. The highest BCUT2D eigenvalue weighted by Gasteiger charge is 2.22. The molecule has 8 heteroatoms. The minimum atomic E-state index is -4.03. The molecule has 0 radical (unpaired) electrons. The number of nitrogen functional groups attached to an aromatic ring is 1. The molecule has 0 atom stereocenters. The highest BCUT2D eigenvalue weighted by Crippen LogP contribution is 2.21. The molecule has 2 rings (SSSR count). The summed E-state index contributed by atoms with van der Waals surface area (Å²) < 4.78 is 26.6. The Morgan fingerprint density at radius 1 is 1.30 bits per heavy atom. The van der Waals surface area contributed by atoms with Gasteiger partial charge < -0.3 is 10.8 Å². The Kier molecular flexibility index (Phi) is 3.57. The van der Waals surface area contributed by atoms with Crippen LogP contribution in [0.4, 0.5) is 11.4 Å². The maximum atomic E-state index is 12.2. The quantitative estimate of drug-likeness (QED) is 0.727. The lowest BCUT2D eigenvalue weighted by Gasteiger charge is -2.10. The molecule has 0 saturated heterocycles. The summed E-state index contributed by atoms with van der Waals surface area (Å²) in [5.74, 6) is -1.37. The summed E-state index contributed by atoms with van der Waals surface area (Å²) in [5, 5.41) is 9.06. The molecule has 7 nitrogen and oxygen atoms in total. The van der Waals surface area contributed by atoms with Crippen molar-refractivity contribution < 1.29 is 18.3 Å². The lowest BCUT2D eigenvalue weighted by atomic mass is 10.2. The zero-order valence-electron chi connectivity index (χ0n) is 10.1. The summed E-state index contributed by atoms with van der Waals surface area (Å²) in [6.07, 6.45) is 2.80. The van der Waals surface area contributed by atoms with Gasteiger partial charge in [-0.2, -0.15) is 0 Å². The predicted octanol–water partition coefficient (Wildman–Crippen LogP) is 1.16. The van der Waals surface area contributed by atoms with Crippen molar-refractivity contribution in [3.05, 3.63) is 48.3 Å². The number of hydrogen-bond acceptors (Lipinski definition) is 5. The number of aromatic nitrogens is 1. The fraction of sp³-hybridized carbons (Fsp3) is 0. The van der Waals surface area contributed by atoms with E-state index < -0.39 is 16.0 Å². The molecule has 0 amide bonds. The number of anilines is 2. The van der Waals surface area contributed by atoms with Gasteiger partial charge in [0.2, 0.25) is 0 Å². The van der Waals surface area contributed by atoms with Crippen LogP contribution in [0, 0.1) is 0 Å². The van der Waals surface area contributed by atoms with Crippen LogP contribution in [0.25, 0.3) is 0 Å². The number of nitrogens with one attached hydrogen (secondary N) is 1. The van der Waals surface area contributed by atoms with E-state index in [9.17, 15) is 13.2 Å². The van der Waals surface area contributed by atoms with E-state index in [2.05, 4.69) is 9.71 Å². The van der Waals surface area contributed by atoms with Crippen LogP contribution < -0.4 is 10.5 Å². The molecule has 2 aromatic rings. The van der Waals surface area contributed by atoms with Crippen LogP contribution in [0.1, 0.15) is 10.4 Å². The summed E-state index contributed by atoms with van der Waals surface area (Å²) in [7, 11) is -4.03. The standard InChI is InChI=1S/C12H11N3O4S/c13-8-3-4-11(10(6-8)12(16)17)20(18,19)15-9-2-1-5-14-7-9/h1-7,15H,13H2,(H,16,17). The number of benzene rings is 1. The van der Waals surface area contributed by atoms with E-state index in [1.165, 1.54) is 24.5 Å². The van der Waals surface area contributed by atoms with Gasteiger partial charge in [-0.25, -0.2) is 13.2 Å². The largest absolute Gasteiger partial charge is 0.478 e. The van der Waals surface area contributed by atoms with Crippen molar-refractivity contribution in [2.45, 2.75) is 4.90 Å². The second kappa shape index (κ2) is 5.17. The van der Waals surface area contributed by atoms with Crippen molar-refractivity contribution in [3.8, 4) is 0 Å². The second-order valence-electron chi connectivity index (χ2n) is 3.91. The van der Waals surface area contributed by atoms with E-state index in [-0.39, 0.29) is 21.8 Å². The van der Waals surface area contributed by atoms with Crippen molar-refractivity contribution in [2.75, 3.05) is 10.5 Å². The molecule has 1 aromatic heterocycles. The van der Waals surface area contributed by atoms with Crippen LogP contribution in [0.5, 0.6) is 0 Å². The predicted molar refractivity (Wildman–Crippen MR) is 72.9 cm³/mol. The SMILES string of the molecule is Nc1ccc(S(=O)(=O)Nc2cccnc2)c(C(=O)O)c1. The number of carboxylic acids is 1. The van der Waals surface area contributed by atoms with Crippen molar-refractivity contribution in [2.24, 2.45) is 0 Å². The Morgan fingerprint density at radius 3 is 2.65 bits per heavy atom. The molecule has 0 aliphatic carbocycles. The van der Waals surface area contributed by atoms with E-state index >= 15 is 0 Å². The molecule has 0 aliphatic rings. The van der Waals surface area contributed by atoms with Gasteiger partial charge in [-0.05, 0) is 30.3 Å². The fourth-order valence-corrected chi connectivity index (χ4v) is 2.81. The first kappa shape index (κ1) is 13.8. The van der Waals surface area contributed by atoms with Gasteiger partial charge >= 0.3 is 5.97 Å². The Hall–Kier alpha value is -2.61. The topological polar surface area (TPSA) is 122 Å². The van der Waals surface area contributed by atoms with Gasteiger partial charge in [0.1, 0.15) is 4.90 Å². The molecule has 0 unspecified atom stereocenters. The molecule has 104 valence electrons. The summed E-state index contributed by atoms with van der Waals surface area (Å²) in [5.41, 5.74) is 5.49. The summed E-state index contributed by atoms with van der Waals surface area (Å²) in [6.45, 7) is 0. The van der Waals surface area contributed by atoms with E-state index in [0.717, 1.165) is 12.1 Å². The first-order chi connectivity index (χ1) is 9.40. The van der Waals surface area contributed by atoms with Gasteiger partial charge in [-0.3, -0.25) is 9.71 Å². The summed E-state index contributed by atoms with van der Waals surface area (Å²) >= 11 is 0. The second-order valence-corrected chi connectivity index (χ2v) is 5.56. The van der Waals surface area contributed by atoms with Crippen molar-refractivity contribution in [1.29, 1.82) is 0 Å². The number of aromatic carboxylic acids is 1. The Labute approximate surface area is 115 Å². The van der Waals surface area contributed by atoms with Crippen LogP contribution in [-0.2, 0) is 10.0 Å². The Bertz CT molecular complexity index is 745. The van der Waals surface area contributed by atoms with Crippen molar-refractivity contribution in [1.82, 2.24) is 4.98 Å². The first-order valence-corrected chi connectivity index (χ1v) is 6.94. The third kappa shape index (κ3) is 2.86. The van der Waals surface area contributed by atoms with Crippen molar-refractivity contribution in [3.63, 3.8) is 0 Å². The van der Waals surface area contributed by atoms with Crippen LogP contribution in [-0.4, -0.2) is 24.5 Å². The number of rotatable bonds is 4. The molecule has 0 aliphatic heterocycles. The average Bonchev–Trinajstić information content (AvgIpc) is 2.38. The van der Waals surface area contributed by atoms with Crippen molar-refractivity contribution >= 4 is 27.4 Å². The van der Waals surface area contributed by atoms with Crippen LogP contribution in [0.2, 0.25) is 0 Å². The minimum absolute atomic E-state index is 0.169. The third-order valence-corrected chi connectivity index (χ3v) is 3.88. The van der Waals surface area contributed by atoms with Gasteiger partial charge in [-0.1, -0.05) is 0 Å². The average molecular weight is 293 g/mol. The molecule has 0 saturated carbocycles. The van der Waals surface area contributed by atoms with Crippen LogP contribution in [0.15, 0.2) is 47.6 Å². The highest BCUT2D eigenvalue weighted by molar-refractivity contribution is 7.92. The number of sulfonamides is 1. The number of carbonyl (C=O) groups is 1. The Morgan fingerprint density at radius 2 is 2.05 bits per heavy atom. The van der Waals surface area contributed by atoms with E-state index in [0.29, 0.717) is 0 Å². The van der Waals surface area contributed by atoms with Crippen LogP contribution in [0.3, 0.4) is 0 Å². The van der Waals surface area contributed by atoms with Crippen LogP contribution >= 0.6 is 0 Å². The molecule has 0 spiro atoms. The zero-order valence-corrected chi connectivity index (χ0v) is 11.0. The van der Waals surface area contributed by atoms with Gasteiger partial charge in [0.25, 0.3) is 10.0 Å². The van der Waals surface area contributed by atoms with E-state index in [1.807, 2.05) is 0 Å². The summed E-state index contributed by atoms with van der Waals surface area (Å²) in [4.78, 5) is 14.5. The number of nitrogens with zero attached hydrogens (tertiary/aromatic N) is 1. The highest BCUT2D eigenvalue weighted by atomic mass is 32.2. The maximum absolute atomic E-state index is 12.2. The molecular formula is C12H11N3O4S. The fourth-order valence-electron chi connectivity index (χ4n) is 1.58. The first-order valence-electron chi connectivity index (χ1n) is 5.46. The van der Waals surface area contributed by atoms with Gasteiger partial charge in [-0.15, -0.1) is 0 Å². The smallest absolute Gasteiger partial charge is 0.337 e. The lowest BCUT2D eigenvalue weighted by molar-refractivity contribution is 0.0692. The van der Waals surface area contributed by atoms with Gasteiger partial charge in [0, 0.05) is 11.9 Å². The third-order valence-electron chi connectivity index (χ3n) is 2.44. The zero-order chi connectivity index (χ0) is 14.8. The number of nitrogens with two attached hydrogens (primary N) is 1. The van der Waals surface area contributed by atoms with Gasteiger partial charge in [0.15, 0.2) is 0 Å². The number of hydrogen-bond donors (Lipinski definition) is 3. The summed E-state index contributed by atoms with van der Waals surface area (Å²) in [6, 6.07) is 6.63. The van der Waals surface area contributed by atoms with Gasteiger partial charge in [0.05, 0.1) is 17.4 Å². The molecule has 1 heterocycles. The van der Waals surface area contributed by atoms with E-state index in [1.54, 1.807) is 6.07 Å². The normalized spacial score (nSPS) is 11.0. The number of carboxylic acid groups (broad SMARTS) is 1. The molecule has 4 N–H and O–H groups in total. The maximum Gasteiger partial charge on any atom is 0.337 e. The lowest BCUT2D eigenvalue weighted by Crippen LogP contribution is -2.17. The Balaban J connectivity index is 2.47. The molecule has 1 aromatic carbocycles. The molecule has 0 bridgehead atoms. The molecule has 0 fully saturated rings. The monoisotopic (exact) mass is 293 g/mol. The van der Waals surface area contributed by atoms with E-state index in [4.69, 9.17) is 10.8 Å². The molecular weight excluding hydrogens is 282 g/mol. The molecule has 20 heavy (non-hydrogen) atoms.